The first-order valence-electron chi connectivity index (χ1n) is 4.67. The van der Waals surface area contributed by atoms with Crippen molar-refractivity contribution in [2.45, 2.75) is 13.0 Å². The molecule has 0 aliphatic carbocycles. The molecular weight excluding hydrogens is 196 g/mol. The molecule has 0 amide bonds. The molecule has 6 heteroatoms. The zero-order valence-corrected chi connectivity index (χ0v) is 8.14. The van der Waals surface area contributed by atoms with E-state index in [2.05, 4.69) is 15.5 Å². The summed E-state index contributed by atoms with van der Waals surface area (Å²) in [7, 11) is 0. The molecule has 0 aliphatic rings. The molecule has 0 unspecified atom stereocenters. The second-order valence-corrected chi connectivity index (χ2v) is 2.96. The number of aromatic nitrogens is 2. The maximum absolute atomic E-state index is 5.33. The monoisotopic (exact) mass is 208 g/mol. The van der Waals surface area contributed by atoms with Crippen molar-refractivity contribution in [1.82, 2.24) is 10.2 Å². The van der Waals surface area contributed by atoms with Crippen LogP contribution >= 0.6 is 0 Å². The van der Waals surface area contributed by atoms with Crippen LogP contribution in [-0.4, -0.2) is 16.7 Å². The number of hydrogen-bond acceptors (Lipinski definition) is 6. The van der Waals surface area contributed by atoms with E-state index in [1.807, 2.05) is 12.1 Å². The molecule has 2 rings (SSSR count). The molecule has 0 aliphatic heterocycles. The highest BCUT2D eigenvalue weighted by molar-refractivity contribution is 5.17. The van der Waals surface area contributed by atoms with Crippen molar-refractivity contribution in [2.75, 3.05) is 11.9 Å². The number of hydrogen-bond donors (Lipinski definition) is 2. The van der Waals surface area contributed by atoms with Crippen molar-refractivity contribution in [1.29, 1.82) is 0 Å². The zero-order valence-electron chi connectivity index (χ0n) is 8.14. The first kappa shape index (κ1) is 9.72. The predicted octanol–water partition coefficient (Wildman–Crippen LogP) is 0.776. The lowest BCUT2D eigenvalue weighted by Gasteiger charge is -1.97. The average Bonchev–Trinajstić information content (AvgIpc) is 2.88. The second-order valence-electron chi connectivity index (χ2n) is 2.96. The van der Waals surface area contributed by atoms with Crippen LogP contribution in [0.1, 0.15) is 11.7 Å². The van der Waals surface area contributed by atoms with Crippen LogP contribution in [0.3, 0.4) is 0 Å². The predicted molar refractivity (Wildman–Crippen MR) is 53.1 cm³/mol. The van der Waals surface area contributed by atoms with Gasteiger partial charge in [0.2, 0.25) is 5.89 Å². The zero-order chi connectivity index (χ0) is 10.5. The molecule has 0 saturated heterocycles. The van der Waals surface area contributed by atoms with E-state index in [1.165, 1.54) is 0 Å². The van der Waals surface area contributed by atoms with E-state index in [0.29, 0.717) is 18.5 Å². The number of furan rings is 1. The van der Waals surface area contributed by atoms with Crippen LogP contribution in [0.15, 0.2) is 27.2 Å². The molecule has 0 saturated carbocycles. The van der Waals surface area contributed by atoms with Crippen LogP contribution in [0.4, 0.5) is 6.01 Å². The third-order valence-electron chi connectivity index (χ3n) is 1.87. The number of nitrogens with one attached hydrogen (secondary N) is 1. The lowest BCUT2D eigenvalue weighted by atomic mass is 10.3. The van der Waals surface area contributed by atoms with E-state index in [1.54, 1.807) is 6.26 Å². The Morgan fingerprint density at radius 3 is 3.00 bits per heavy atom. The summed E-state index contributed by atoms with van der Waals surface area (Å²) < 4.78 is 10.3. The molecular formula is C9H12N4O2. The van der Waals surface area contributed by atoms with E-state index in [-0.39, 0.29) is 6.54 Å². The second kappa shape index (κ2) is 4.61. The van der Waals surface area contributed by atoms with Crippen molar-refractivity contribution in [3.8, 4) is 0 Å². The Bertz CT molecular complexity index is 396. The molecule has 0 spiro atoms. The standard InChI is InChI=1S/C9H12N4O2/c10-6-8-12-13-9(15-8)11-4-3-7-2-1-5-14-7/h1-2,5H,3-4,6,10H2,(H,11,13). The molecule has 0 radical (unpaired) electrons. The Morgan fingerprint density at radius 1 is 1.40 bits per heavy atom. The first-order chi connectivity index (χ1) is 7.38. The molecule has 15 heavy (non-hydrogen) atoms. The summed E-state index contributed by atoms with van der Waals surface area (Å²) >= 11 is 0. The maximum atomic E-state index is 5.33. The molecule has 2 heterocycles. The van der Waals surface area contributed by atoms with Crippen molar-refractivity contribution >= 4 is 6.01 Å². The fourth-order valence-corrected chi connectivity index (χ4v) is 1.15. The van der Waals surface area contributed by atoms with Gasteiger partial charge in [-0.05, 0) is 12.1 Å². The van der Waals surface area contributed by atoms with E-state index in [0.717, 1.165) is 12.2 Å². The minimum atomic E-state index is 0.257. The maximum Gasteiger partial charge on any atom is 0.315 e. The quantitative estimate of drug-likeness (QED) is 0.754. The van der Waals surface area contributed by atoms with Crippen LogP contribution in [-0.2, 0) is 13.0 Å². The fraction of sp³-hybridized carbons (Fsp3) is 0.333. The van der Waals surface area contributed by atoms with Gasteiger partial charge in [-0.3, -0.25) is 0 Å². The van der Waals surface area contributed by atoms with Gasteiger partial charge in [-0.2, -0.15) is 0 Å². The Hall–Kier alpha value is -1.82. The summed E-state index contributed by atoms with van der Waals surface area (Å²) in [5.41, 5.74) is 5.33. The van der Waals surface area contributed by atoms with Gasteiger partial charge >= 0.3 is 6.01 Å². The van der Waals surface area contributed by atoms with E-state index >= 15 is 0 Å². The minimum absolute atomic E-state index is 0.257. The number of nitrogens with zero attached hydrogens (tertiary/aromatic N) is 2. The molecule has 6 nitrogen and oxygen atoms in total. The molecule has 0 fully saturated rings. The van der Waals surface area contributed by atoms with Crippen molar-refractivity contribution in [3.05, 3.63) is 30.0 Å². The molecule has 2 aromatic rings. The van der Waals surface area contributed by atoms with Crippen LogP contribution in [0.2, 0.25) is 0 Å². The van der Waals surface area contributed by atoms with Gasteiger partial charge in [0, 0.05) is 13.0 Å². The number of rotatable bonds is 5. The molecule has 0 aromatic carbocycles. The summed E-state index contributed by atoms with van der Waals surface area (Å²) in [5, 5.41) is 10.5. The summed E-state index contributed by atoms with van der Waals surface area (Å²) in [6, 6.07) is 4.16. The van der Waals surface area contributed by atoms with Gasteiger partial charge in [-0.1, -0.05) is 5.10 Å². The largest absolute Gasteiger partial charge is 0.469 e. The van der Waals surface area contributed by atoms with Gasteiger partial charge in [0.1, 0.15) is 5.76 Å². The number of nitrogens with two attached hydrogens (primary N) is 1. The Labute approximate surface area is 86.5 Å². The van der Waals surface area contributed by atoms with Gasteiger partial charge in [0.05, 0.1) is 12.8 Å². The highest BCUT2D eigenvalue weighted by atomic mass is 16.4. The van der Waals surface area contributed by atoms with Crippen LogP contribution < -0.4 is 11.1 Å². The summed E-state index contributed by atoms with van der Waals surface area (Å²) in [6.07, 6.45) is 2.42. The molecule has 0 atom stereocenters. The highest BCUT2D eigenvalue weighted by Crippen LogP contribution is 2.05. The lowest BCUT2D eigenvalue weighted by molar-refractivity contribution is 0.499. The summed E-state index contributed by atoms with van der Waals surface area (Å²) in [6.45, 7) is 0.937. The average molecular weight is 208 g/mol. The van der Waals surface area contributed by atoms with Crippen molar-refractivity contribution < 1.29 is 8.83 Å². The first-order valence-corrected chi connectivity index (χ1v) is 4.67. The van der Waals surface area contributed by atoms with Gasteiger partial charge in [-0.25, -0.2) is 0 Å². The van der Waals surface area contributed by atoms with Crippen LogP contribution in [0.25, 0.3) is 0 Å². The molecule has 2 aromatic heterocycles. The van der Waals surface area contributed by atoms with Crippen LogP contribution in [0.5, 0.6) is 0 Å². The van der Waals surface area contributed by atoms with E-state index < -0.39 is 0 Å². The van der Waals surface area contributed by atoms with Crippen molar-refractivity contribution in [2.24, 2.45) is 5.73 Å². The Kier molecular flexibility index (Phi) is 2.99. The SMILES string of the molecule is NCc1nnc(NCCc2ccco2)o1. The minimum Gasteiger partial charge on any atom is -0.469 e. The molecule has 80 valence electrons. The lowest BCUT2D eigenvalue weighted by Crippen LogP contribution is -2.04. The summed E-state index contributed by atoms with van der Waals surface area (Å²) in [5.74, 6) is 1.34. The topological polar surface area (TPSA) is 90.1 Å². The van der Waals surface area contributed by atoms with Gasteiger partial charge < -0.3 is 19.9 Å². The molecule has 3 N–H and O–H groups in total. The van der Waals surface area contributed by atoms with Crippen molar-refractivity contribution in [3.63, 3.8) is 0 Å². The number of anilines is 1. The third kappa shape index (κ3) is 2.57. The Balaban J connectivity index is 1.78. The normalized spacial score (nSPS) is 10.5. The highest BCUT2D eigenvalue weighted by Gasteiger charge is 2.03. The van der Waals surface area contributed by atoms with Gasteiger partial charge in [0.25, 0.3) is 0 Å². The molecule has 0 bridgehead atoms. The Morgan fingerprint density at radius 2 is 2.33 bits per heavy atom. The fourth-order valence-electron chi connectivity index (χ4n) is 1.15. The smallest absolute Gasteiger partial charge is 0.315 e. The van der Waals surface area contributed by atoms with E-state index in [4.69, 9.17) is 14.6 Å². The van der Waals surface area contributed by atoms with Gasteiger partial charge in [0.15, 0.2) is 0 Å². The third-order valence-corrected chi connectivity index (χ3v) is 1.87. The van der Waals surface area contributed by atoms with Crippen LogP contribution in [0, 0.1) is 0 Å². The van der Waals surface area contributed by atoms with Gasteiger partial charge in [-0.15, -0.1) is 5.10 Å². The van der Waals surface area contributed by atoms with E-state index in [9.17, 15) is 0 Å². The summed E-state index contributed by atoms with van der Waals surface area (Å²) in [4.78, 5) is 0.